The molecule has 0 bridgehead atoms. The summed E-state index contributed by atoms with van der Waals surface area (Å²) in [6, 6.07) is 15.8. The van der Waals surface area contributed by atoms with Crippen molar-refractivity contribution >= 4 is 50.9 Å². The van der Waals surface area contributed by atoms with E-state index in [2.05, 4.69) is 20.9 Å². The highest BCUT2D eigenvalue weighted by atomic mass is 16.6. The summed E-state index contributed by atoms with van der Waals surface area (Å²) in [5.41, 5.74) is 2.02. The molecule has 1 unspecified atom stereocenters. The number of hydrogen-bond acceptors (Lipinski definition) is 8. The summed E-state index contributed by atoms with van der Waals surface area (Å²) < 4.78 is 4.89. The Morgan fingerprint density at radius 1 is 1.11 bits per heavy atom. The quantitative estimate of drug-likeness (QED) is 0.129. The number of anilines is 2. The third-order valence-electron chi connectivity index (χ3n) is 5.48. The van der Waals surface area contributed by atoms with E-state index >= 15 is 0 Å². The van der Waals surface area contributed by atoms with E-state index in [1.54, 1.807) is 55.5 Å². The van der Waals surface area contributed by atoms with Gasteiger partial charge in [-0.15, -0.1) is 0 Å². The number of hydrogen-bond donors (Lipinski definition) is 4. The van der Waals surface area contributed by atoms with Gasteiger partial charge in [-0.05, 0) is 31.2 Å². The molecular weight excluding hydrogens is 466 g/mol. The van der Waals surface area contributed by atoms with Crippen LogP contribution in [-0.4, -0.2) is 40.7 Å². The predicted octanol–water partition coefficient (Wildman–Crippen LogP) is 4.33. The van der Waals surface area contributed by atoms with Gasteiger partial charge >= 0.3 is 6.09 Å². The zero-order valence-corrected chi connectivity index (χ0v) is 19.4. The van der Waals surface area contributed by atoms with E-state index < -0.39 is 17.2 Å². The molecule has 0 aliphatic carbocycles. The van der Waals surface area contributed by atoms with Gasteiger partial charge in [-0.25, -0.2) is 9.78 Å². The Balaban J connectivity index is 1.82. The molecule has 11 heteroatoms. The van der Waals surface area contributed by atoms with Crippen LogP contribution in [0.1, 0.15) is 29.1 Å². The highest BCUT2D eigenvalue weighted by Gasteiger charge is 2.19. The first-order valence-electron chi connectivity index (χ1n) is 11.0. The van der Waals surface area contributed by atoms with Crippen LogP contribution in [0.3, 0.4) is 0 Å². The van der Waals surface area contributed by atoms with Crippen LogP contribution in [0.2, 0.25) is 0 Å². The lowest BCUT2D eigenvalue weighted by Gasteiger charge is -2.19. The number of ether oxygens (including phenoxy) is 1. The summed E-state index contributed by atoms with van der Waals surface area (Å²) in [7, 11) is 1.49. The summed E-state index contributed by atoms with van der Waals surface area (Å²) in [4.78, 5) is 39.6. The van der Waals surface area contributed by atoms with Crippen LogP contribution < -0.4 is 16.0 Å². The Bertz CT molecular complexity index is 1490. The average Bonchev–Trinajstić information content (AvgIpc) is 2.87. The Labute approximate surface area is 205 Å². The van der Waals surface area contributed by atoms with Crippen molar-refractivity contribution in [1.29, 1.82) is 0 Å². The van der Waals surface area contributed by atoms with Crippen LogP contribution in [0.4, 0.5) is 21.9 Å². The first-order valence-corrected chi connectivity index (χ1v) is 11.0. The number of non-ortho nitro benzene ring substituents is 1. The Kier molecular flexibility index (Phi) is 6.93. The standard InChI is InChI=1S/C25H23N5O6/c1-3-36-25(33)27-15-7-4-6-14(12-15)23(31)29-21-17-11-10-16(30(34)35)13-20(17)28-22-18(21)8-5-9-19(22)24(32)26-2/h4-13,23,31H,3H2,1-2H3,(H,26,32)(H,27,33)(H,28,29). The zero-order chi connectivity index (χ0) is 25.8. The molecule has 184 valence electrons. The number of nitro groups is 1. The SMILES string of the molecule is CCOC(=O)Nc1cccc(C(O)Nc2c3ccc([N+](=O)[O-])cc3nc3c(C(=O)NC)cccc23)c1. The van der Waals surface area contributed by atoms with Crippen molar-refractivity contribution in [2.75, 3.05) is 24.3 Å². The molecule has 0 saturated heterocycles. The van der Waals surface area contributed by atoms with Crippen LogP contribution in [0, 0.1) is 10.1 Å². The summed E-state index contributed by atoms with van der Waals surface area (Å²) in [6.07, 6.45) is -1.85. The lowest BCUT2D eigenvalue weighted by molar-refractivity contribution is -0.384. The molecule has 2 amide bonds. The van der Waals surface area contributed by atoms with Crippen molar-refractivity contribution in [1.82, 2.24) is 10.3 Å². The van der Waals surface area contributed by atoms with Gasteiger partial charge in [0.25, 0.3) is 11.6 Å². The molecule has 4 N–H and O–H groups in total. The summed E-state index contributed by atoms with van der Waals surface area (Å²) >= 11 is 0. The first-order chi connectivity index (χ1) is 17.3. The maximum Gasteiger partial charge on any atom is 0.411 e. The normalized spacial score (nSPS) is 11.6. The lowest BCUT2D eigenvalue weighted by atomic mass is 10.0. The number of aliphatic hydroxyl groups excluding tert-OH is 1. The second-order valence-electron chi connectivity index (χ2n) is 7.74. The van der Waals surface area contributed by atoms with E-state index in [1.165, 1.54) is 19.2 Å². The number of amides is 2. The van der Waals surface area contributed by atoms with Gasteiger partial charge in [0.1, 0.15) is 0 Å². The van der Waals surface area contributed by atoms with Gasteiger partial charge in [0.2, 0.25) is 0 Å². The number of rotatable bonds is 7. The van der Waals surface area contributed by atoms with E-state index in [0.717, 1.165) is 0 Å². The second-order valence-corrected chi connectivity index (χ2v) is 7.74. The van der Waals surface area contributed by atoms with Crippen LogP contribution in [0.25, 0.3) is 21.8 Å². The number of carbonyl (C=O) groups excluding carboxylic acids is 2. The fraction of sp³-hybridized carbons (Fsp3) is 0.160. The maximum absolute atomic E-state index is 12.5. The number of nitrogens with zero attached hydrogens (tertiary/aromatic N) is 2. The molecular formula is C25H23N5O6. The van der Waals surface area contributed by atoms with Gasteiger partial charge in [0.05, 0.1) is 33.8 Å². The number of pyridine rings is 1. The highest BCUT2D eigenvalue weighted by molar-refractivity contribution is 6.14. The van der Waals surface area contributed by atoms with Crippen molar-refractivity contribution in [3.05, 3.63) is 81.9 Å². The number of fused-ring (bicyclic) bond motifs is 2. The van der Waals surface area contributed by atoms with Gasteiger partial charge < -0.3 is 20.5 Å². The molecule has 0 fully saturated rings. The van der Waals surface area contributed by atoms with Crippen LogP contribution in [-0.2, 0) is 4.74 Å². The number of benzene rings is 3. The summed E-state index contributed by atoms with van der Waals surface area (Å²) in [6.45, 7) is 1.91. The largest absolute Gasteiger partial charge is 0.450 e. The monoisotopic (exact) mass is 489 g/mol. The van der Waals surface area contributed by atoms with Crippen LogP contribution in [0.5, 0.6) is 0 Å². The van der Waals surface area contributed by atoms with Crippen LogP contribution in [0.15, 0.2) is 60.7 Å². The highest BCUT2D eigenvalue weighted by Crippen LogP contribution is 2.36. The topological polar surface area (TPSA) is 156 Å². The van der Waals surface area contributed by atoms with E-state index in [1.807, 2.05) is 0 Å². The van der Waals surface area contributed by atoms with Gasteiger partial charge in [-0.2, -0.15) is 0 Å². The Hall–Kier alpha value is -4.77. The molecule has 0 saturated carbocycles. The van der Waals surface area contributed by atoms with Crippen LogP contribution >= 0.6 is 0 Å². The smallest absolute Gasteiger partial charge is 0.411 e. The minimum Gasteiger partial charge on any atom is -0.450 e. The van der Waals surface area contributed by atoms with E-state index in [-0.39, 0.29) is 29.3 Å². The minimum absolute atomic E-state index is 0.156. The molecule has 36 heavy (non-hydrogen) atoms. The van der Waals surface area contributed by atoms with Crippen molar-refractivity contribution in [3.8, 4) is 0 Å². The number of aliphatic hydroxyl groups is 1. The molecule has 0 radical (unpaired) electrons. The molecule has 1 aromatic heterocycles. The van der Waals surface area contributed by atoms with Gasteiger partial charge in [0.15, 0.2) is 6.23 Å². The van der Waals surface area contributed by atoms with E-state index in [0.29, 0.717) is 33.2 Å². The molecule has 0 aliphatic heterocycles. The average molecular weight is 489 g/mol. The third kappa shape index (κ3) is 4.86. The van der Waals surface area contributed by atoms with Crippen molar-refractivity contribution < 1.29 is 24.4 Å². The molecule has 3 aromatic carbocycles. The fourth-order valence-corrected chi connectivity index (χ4v) is 3.83. The number of nitro benzene ring substituents is 1. The van der Waals surface area contributed by atoms with Gasteiger partial charge in [0, 0.05) is 41.2 Å². The van der Waals surface area contributed by atoms with Crippen molar-refractivity contribution in [3.63, 3.8) is 0 Å². The molecule has 1 atom stereocenters. The molecule has 4 rings (SSSR count). The summed E-state index contributed by atoms with van der Waals surface area (Å²) in [5, 5.41) is 31.7. The van der Waals surface area contributed by atoms with Gasteiger partial charge in [-0.3, -0.25) is 20.2 Å². The predicted molar refractivity (Wildman–Crippen MR) is 135 cm³/mol. The molecule has 11 nitrogen and oxygen atoms in total. The van der Waals surface area contributed by atoms with Crippen molar-refractivity contribution in [2.24, 2.45) is 0 Å². The number of para-hydroxylation sites is 1. The molecule has 1 heterocycles. The number of carbonyl (C=O) groups is 2. The van der Waals surface area contributed by atoms with Gasteiger partial charge in [-0.1, -0.05) is 24.3 Å². The fourth-order valence-electron chi connectivity index (χ4n) is 3.83. The number of nitrogens with one attached hydrogen (secondary N) is 3. The maximum atomic E-state index is 12.5. The lowest BCUT2D eigenvalue weighted by Crippen LogP contribution is -2.18. The minimum atomic E-state index is -1.23. The first kappa shape index (κ1) is 24.4. The Morgan fingerprint density at radius 2 is 1.89 bits per heavy atom. The van der Waals surface area contributed by atoms with E-state index in [9.17, 15) is 24.8 Å². The third-order valence-corrected chi connectivity index (χ3v) is 5.48. The zero-order valence-electron chi connectivity index (χ0n) is 19.4. The molecule has 4 aromatic rings. The summed E-state index contributed by atoms with van der Waals surface area (Å²) in [5.74, 6) is -0.373. The molecule has 0 spiro atoms. The number of aromatic nitrogens is 1. The molecule has 0 aliphatic rings. The van der Waals surface area contributed by atoms with E-state index in [4.69, 9.17) is 4.74 Å². The van der Waals surface area contributed by atoms with Crippen molar-refractivity contribution in [2.45, 2.75) is 13.2 Å². The Morgan fingerprint density at radius 3 is 2.61 bits per heavy atom. The second kappa shape index (κ2) is 10.2.